The number of benzene rings is 1. The molecule has 138 valence electrons. The van der Waals surface area contributed by atoms with Gasteiger partial charge in [0.1, 0.15) is 12.4 Å². The molecule has 2 aromatic rings. The van der Waals surface area contributed by atoms with Gasteiger partial charge in [-0.25, -0.2) is 0 Å². The predicted octanol–water partition coefficient (Wildman–Crippen LogP) is 3.56. The maximum atomic E-state index is 6.07. The number of piperazine rings is 1. The quantitative estimate of drug-likeness (QED) is 0.824. The summed E-state index contributed by atoms with van der Waals surface area (Å²) in [5.41, 5.74) is 4.80. The highest BCUT2D eigenvalue weighted by atomic mass is 16.5. The molecule has 1 atom stereocenters. The predicted molar refractivity (Wildman–Crippen MR) is 104 cm³/mol. The minimum Gasteiger partial charge on any atom is -0.487 e. The summed E-state index contributed by atoms with van der Waals surface area (Å²) in [4.78, 5) is 9.63. The first-order valence-corrected chi connectivity index (χ1v) is 9.78. The molecule has 4 rings (SSSR count). The van der Waals surface area contributed by atoms with Crippen molar-refractivity contribution < 1.29 is 4.74 Å². The van der Waals surface area contributed by atoms with E-state index in [1.807, 2.05) is 24.4 Å². The van der Waals surface area contributed by atoms with Gasteiger partial charge in [-0.2, -0.15) is 0 Å². The minimum absolute atomic E-state index is 0.519. The Morgan fingerprint density at radius 3 is 2.73 bits per heavy atom. The zero-order valence-electron chi connectivity index (χ0n) is 15.9. The normalized spacial score (nSPS) is 20.9. The van der Waals surface area contributed by atoms with Gasteiger partial charge in [0.05, 0.1) is 5.69 Å². The Morgan fingerprint density at radius 1 is 1.12 bits per heavy atom. The van der Waals surface area contributed by atoms with Crippen LogP contribution in [0.4, 0.5) is 0 Å². The van der Waals surface area contributed by atoms with Crippen LogP contribution in [-0.4, -0.2) is 47.0 Å². The van der Waals surface area contributed by atoms with Crippen LogP contribution in [0.3, 0.4) is 0 Å². The van der Waals surface area contributed by atoms with Crippen LogP contribution in [0.2, 0.25) is 0 Å². The van der Waals surface area contributed by atoms with Crippen molar-refractivity contribution in [2.45, 2.75) is 45.9 Å². The Hall–Kier alpha value is -1.91. The molecule has 1 aromatic heterocycles. The largest absolute Gasteiger partial charge is 0.487 e. The average molecular weight is 351 g/mol. The fourth-order valence-electron chi connectivity index (χ4n) is 4.45. The summed E-state index contributed by atoms with van der Waals surface area (Å²) in [6.07, 6.45) is 4.56. The van der Waals surface area contributed by atoms with Crippen molar-refractivity contribution in [1.82, 2.24) is 14.8 Å². The molecular weight excluding hydrogens is 322 g/mol. The first kappa shape index (κ1) is 17.5. The molecule has 0 amide bonds. The Bertz CT molecular complexity index is 723. The van der Waals surface area contributed by atoms with Crippen molar-refractivity contribution in [2.24, 2.45) is 0 Å². The molecule has 0 N–H and O–H groups in total. The second kappa shape index (κ2) is 7.77. The van der Waals surface area contributed by atoms with Gasteiger partial charge in [-0.1, -0.05) is 18.2 Å². The van der Waals surface area contributed by atoms with Gasteiger partial charge >= 0.3 is 0 Å². The molecule has 4 nitrogen and oxygen atoms in total. The lowest BCUT2D eigenvalue weighted by Gasteiger charge is -2.37. The second-order valence-electron chi connectivity index (χ2n) is 7.74. The lowest BCUT2D eigenvalue weighted by atomic mass is 10.0. The van der Waals surface area contributed by atoms with Crippen LogP contribution in [0.15, 0.2) is 36.5 Å². The Balaban J connectivity index is 1.40. The molecule has 2 saturated heterocycles. The summed E-state index contributed by atoms with van der Waals surface area (Å²) in [6.45, 7) is 10.8. The molecule has 0 saturated carbocycles. The van der Waals surface area contributed by atoms with Crippen LogP contribution in [0.1, 0.15) is 35.2 Å². The van der Waals surface area contributed by atoms with E-state index in [0.717, 1.165) is 24.0 Å². The molecular formula is C22H29N3O. The number of hydrogen-bond acceptors (Lipinski definition) is 4. The first-order valence-electron chi connectivity index (χ1n) is 9.78. The summed E-state index contributed by atoms with van der Waals surface area (Å²) in [5, 5.41) is 0. The molecule has 0 spiro atoms. The number of hydrogen-bond donors (Lipinski definition) is 0. The maximum Gasteiger partial charge on any atom is 0.130 e. The molecule has 2 fully saturated rings. The van der Waals surface area contributed by atoms with E-state index >= 15 is 0 Å². The molecule has 1 aromatic carbocycles. The maximum absolute atomic E-state index is 6.07. The molecule has 1 unspecified atom stereocenters. The third-order valence-corrected chi connectivity index (χ3v) is 5.69. The molecule has 2 aliphatic rings. The fourth-order valence-corrected chi connectivity index (χ4v) is 4.45. The van der Waals surface area contributed by atoms with Crippen molar-refractivity contribution in [3.05, 3.63) is 58.9 Å². The highest BCUT2D eigenvalue weighted by molar-refractivity contribution is 5.43. The summed E-state index contributed by atoms with van der Waals surface area (Å²) in [6, 6.07) is 11.3. The van der Waals surface area contributed by atoms with Gasteiger partial charge in [0.15, 0.2) is 0 Å². The molecule has 0 aliphatic carbocycles. The Labute approximate surface area is 156 Å². The van der Waals surface area contributed by atoms with Crippen molar-refractivity contribution in [1.29, 1.82) is 0 Å². The third kappa shape index (κ3) is 3.92. The Morgan fingerprint density at radius 2 is 1.96 bits per heavy atom. The lowest BCUT2D eigenvalue weighted by Crippen LogP contribution is -2.49. The monoisotopic (exact) mass is 351 g/mol. The Kier molecular flexibility index (Phi) is 5.23. The van der Waals surface area contributed by atoms with Gasteiger partial charge in [-0.05, 0) is 62.1 Å². The van der Waals surface area contributed by atoms with E-state index in [9.17, 15) is 0 Å². The van der Waals surface area contributed by atoms with Gasteiger partial charge in [0.2, 0.25) is 0 Å². The molecule has 26 heavy (non-hydrogen) atoms. The number of ether oxygens (including phenoxy) is 1. The van der Waals surface area contributed by atoms with E-state index < -0.39 is 0 Å². The number of rotatable bonds is 5. The lowest BCUT2D eigenvalue weighted by molar-refractivity contribution is 0.0993. The highest BCUT2D eigenvalue weighted by Gasteiger charge is 2.30. The number of fused-ring (bicyclic) bond motifs is 1. The molecule has 0 bridgehead atoms. The van der Waals surface area contributed by atoms with Crippen LogP contribution in [-0.2, 0) is 13.2 Å². The number of aromatic nitrogens is 1. The number of aryl methyl sites for hydroxylation is 2. The van der Waals surface area contributed by atoms with Gasteiger partial charge in [-0.3, -0.25) is 14.8 Å². The van der Waals surface area contributed by atoms with Gasteiger partial charge in [-0.15, -0.1) is 0 Å². The first-order chi connectivity index (χ1) is 12.7. The smallest absolute Gasteiger partial charge is 0.130 e. The van der Waals surface area contributed by atoms with Crippen molar-refractivity contribution in [2.75, 3.05) is 26.2 Å². The SMILES string of the molecule is Cc1cc(CN2CCN3CCCC3C2)cc(C)c1OCc1ccccn1. The summed E-state index contributed by atoms with van der Waals surface area (Å²) in [5.74, 6) is 1.00. The summed E-state index contributed by atoms with van der Waals surface area (Å²) in [7, 11) is 0. The van der Waals surface area contributed by atoms with E-state index in [1.54, 1.807) is 0 Å². The van der Waals surface area contributed by atoms with E-state index in [1.165, 1.54) is 55.7 Å². The molecule has 3 heterocycles. The zero-order valence-corrected chi connectivity index (χ0v) is 15.9. The molecule has 0 radical (unpaired) electrons. The number of nitrogens with zero attached hydrogens (tertiary/aromatic N) is 3. The molecule has 4 heteroatoms. The van der Waals surface area contributed by atoms with Crippen molar-refractivity contribution in [3.8, 4) is 5.75 Å². The fraction of sp³-hybridized carbons (Fsp3) is 0.500. The summed E-state index contributed by atoms with van der Waals surface area (Å²) >= 11 is 0. The summed E-state index contributed by atoms with van der Waals surface area (Å²) < 4.78 is 6.07. The van der Waals surface area contributed by atoms with Crippen molar-refractivity contribution in [3.63, 3.8) is 0 Å². The molecule has 2 aliphatic heterocycles. The van der Waals surface area contributed by atoms with E-state index in [0.29, 0.717) is 6.61 Å². The van der Waals surface area contributed by atoms with Gasteiger partial charge in [0.25, 0.3) is 0 Å². The van der Waals surface area contributed by atoms with E-state index in [4.69, 9.17) is 4.74 Å². The van der Waals surface area contributed by atoms with Gasteiger partial charge in [0, 0.05) is 38.4 Å². The van der Waals surface area contributed by atoms with Crippen LogP contribution >= 0.6 is 0 Å². The third-order valence-electron chi connectivity index (χ3n) is 5.69. The van der Waals surface area contributed by atoms with Crippen LogP contribution in [0, 0.1) is 13.8 Å². The second-order valence-corrected chi connectivity index (χ2v) is 7.74. The van der Waals surface area contributed by atoms with Crippen LogP contribution in [0.5, 0.6) is 5.75 Å². The average Bonchev–Trinajstić information content (AvgIpc) is 3.10. The van der Waals surface area contributed by atoms with Crippen LogP contribution < -0.4 is 4.74 Å². The van der Waals surface area contributed by atoms with E-state index in [-0.39, 0.29) is 0 Å². The van der Waals surface area contributed by atoms with Crippen molar-refractivity contribution >= 4 is 0 Å². The zero-order chi connectivity index (χ0) is 17.9. The van der Waals surface area contributed by atoms with Gasteiger partial charge < -0.3 is 4.74 Å². The standard InChI is InChI=1S/C22H29N3O/c1-17-12-19(14-24-10-11-25-9-5-7-21(25)15-24)13-18(2)22(17)26-16-20-6-3-4-8-23-20/h3-4,6,8,12-13,21H,5,7,9-11,14-16H2,1-2H3. The highest BCUT2D eigenvalue weighted by Crippen LogP contribution is 2.27. The number of pyridine rings is 1. The topological polar surface area (TPSA) is 28.6 Å². The van der Waals surface area contributed by atoms with E-state index in [2.05, 4.69) is 40.8 Å². The minimum atomic E-state index is 0.519. The van der Waals surface area contributed by atoms with Crippen LogP contribution in [0.25, 0.3) is 0 Å².